The minimum absolute atomic E-state index is 0.0987. The molecule has 6 rings (SSSR count). The Kier molecular flexibility index (Phi) is 6.10. The average molecular weight is 562 g/mol. The molecule has 3 heterocycles. The third kappa shape index (κ3) is 4.74. The minimum Gasteiger partial charge on any atom is -0.367 e. The number of halogens is 3. The molecule has 0 unspecified atom stereocenters. The number of hydrogen-bond donors (Lipinski definition) is 4. The summed E-state index contributed by atoms with van der Waals surface area (Å²) in [6.07, 6.45) is 2.97. The zero-order chi connectivity index (χ0) is 27.4. The molecule has 0 atom stereocenters. The van der Waals surface area contributed by atoms with Crippen molar-refractivity contribution in [1.82, 2.24) is 34.2 Å². The van der Waals surface area contributed by atoms with Gasteiger partial charge in [-0.15, -0.1) is 0 Å². The maximum absolute atomic E-state index is 13.4. The molecule has 16 heteroatoms. The van der Waals surface area contributed by atoms with Crippen molar-refractivity contribution in [3.05, 3.63) is 65.8 Å². The number of rotatable bonds is 11. The van der Waals surface area contributed by atoms with Crippen LogP contribution >= 0.6 is 7.67 Å². The van der Waals surface area contributed by atoms with Gasteiger partial charge < -0.3 is 5.32 Å². The predicted molar refractivity (Wildman–Crippen MR) is 132 cm³/mol. The van der Waals surface area contributed by atoms with E-state index < -0.39 is 19.4 Å². The molecule has 1 aromatic carbocycles. The number of aromatic nitrogens is 5. The van der Waals surface area contributed by atoms with Gasteiger partial charge in [-0.25, -0.2) is 14.5 Å². The van der Waals surface area contributed by atoms with E-state index in [9.17, 15) is 28.2 Å². The van der Waals surface area contributed by atoms with Crippen LogP contribution in [0.5, 0.6) is 0 Å². The number of anilines is 1. The van der Waals surface area contributed by atoms with Crippen molar-refractivity contribution >= 4 is 30.2 Å². The Morgan fingerprint density at radius 3 is 2.49 bits per heavy atom. The Labute approximate surface area is 218 Å². The lowest BCUT2D eigenvalue weighted by molar-refractivity contribution is -0.137. The van der Waals surface area contributed by atoms with Crippen LogP contribution in [0.2, 0.25) is 0 Å². The lowest BCUT2D eigenvalue weighted by atomic mass is 10.2. The van der Waals surface area contributed by atoms with Gasteiger partial charge in [0.25, 0.3) is 0 Å². The number of benzene rings is 1. The largest absolute Gasteiger partial charge is 0.443 e. The summed E-state index contributed by atoms with van der Waals surface area (Å²) in [6, 6.07) is 5.03. The zero-order valence-electron chi connectivity index (χ0n) is 20.1. The zero-order valence-corrected chi connectivity index (χ0v) is 21.0. The Bertz CT molecular complexity index is 1640. The van der Waals surface area contributed by atoms with E-state index >= 15 is 0 Å². The summed E-state index contributed by atoms with van der Waals surface area (Å²) in [5.74, 6) is 0.231. The van der Waals surface area contributed by atoms with Crippen molar-refractivity contribution in [3.63, 3.8) is 0 Å². The Balaban J connectivity index is 1.24. The number of fused-ring (bicyclic) bond motifs is 3. The highest BCUT2D eigenvalue weighted by Gasteiger charge is 2.44. The van der Waals surface area contributed by atoms with Crippen LogP contribution in [0.4, 0.5) is 19.0 Å². The summed E-state index contributed by atoms with van der Waals surface area (Å²) in [7, 11) is -4.15. The quantitative estimate of drug-likeness (QED) is 0.110. The third-order valence-electron chi connectivity index (χ3n) is 6.17. The number of allylic oxidation sites excluding steroid dienone is 4. The number of alkyl halides is 3. The molecule has 39 heavy (non-hydrogen) atoms. The normalized spacial score (nSPS) is 14.9. The molecule has 0 fully saturated rings. The number of hydroxylamine groups is 2. The first-order valence-corrected chi connectivity index (χ1v) is 13.4. The van der Waals surface area contributed by atoms with Crippen molar-refractivity contribution in [2.75, 3.05) is 18.5 Å². The molecule has 0 saturated heterocycles. The lowest BCUT2D eigenvalue weighted by Gasteiger charge is -2.30. The second-order valence-electron chi connectivity index (χ2n) is 8.92. The van der Waals surface area contributed by atoms with E-state index in [2.05, 4.69) is 25.5 Å². The Morgan fingerprint density at radius 1 is 1.15 bits per heavy atom. The minimum atomic E-state index is -4.54. The standard InChI is InChI=1S/C23H22F3N8O4P/c24-23(25,26)14-2-7-19-18(12-14)30-21(22-28-13-20(32(19)22)17-8-10-29-31-17)27-9-1-11-38-39(37,33(35)15-3-4-15)34(36)16-5-6-16/h2-3,5,7-8,10,12-13,35-36H,1,4,6,9,11H2,(H,27,30)(H,29,31). The number of aromatic amines is 1. The van der Waals surface area contributed by atoms with Crippen LogP contribution in [0, 0.1) is 0 Å². The number of hydrogen-bond acceptors (Lipinski definition) is 8. The number of nitrogens with one attached hydrogen (secondary N) is 2. The molecule has 204 valence electrons. The van der Waals surface area contributed by atoms with Crippen molar-refractivity contribution < 1.29 is 32.7 Å². The second kappa shape index (κ2) is 9.38. The smallest absolute Gasteiger partial charge is 0.367 e. The van der Waals surface area contributed by atoms with Crippen molar-refractivity contribution in [3.8, 4) is 11.4 Å². The molecule has 3 aromatic heterocycles. The van der Waals surface area contributed by atoms with Crippen LogP contribution in [-0.2, 0) is 15.3 Å². The summed E-state index contributed by atoms with van der Waals surface area (Å²) >= 11 is 0. The van der Waals surface area contributed by atoms with Gasteiger partial charge in [0.05, 0.1) is 52.2 Å². The summed E-state index contributed by atoms with van der Waals surface area (Å²) in [6.45, 7) is 0.0938. The maximum atomic E-state index is 13.4. The number of H-pyrrole nitrogens is 1. The predicted octanol–water partition coefficient (Wildman–Crippen LogP) is 5.18. The number of nitrogens with zero attached hydrogens (tertiary/aromatic N) is 6. The van der Waals surface area contributed by atoms with Crippen LogP contribution in [0.1, 0.15) is 24.8 Å². The topological polar surface area (TPSA) is 144 Å². The van der Waals surface area contributed by atoms with Gasteiger partial charge in [0, 0.05) is 25.6 Å². The molecule has 4 aromatic rings. The first-order chi connectivity index (χ1) is 18.7. The van der Waals surface area contributed by atoms with E-state index in [-0.39, 0.29) is 30.9 Å². The van der Waals surface area contributed by atoms with Crippen molar-refractivity contribution in [1.29, 1.82) is 0 Å². The van der Waals surface area contributed by atoms with Crippen LogP contribution in [0.25, 0.3) is 28.1 Å². The first kappa shape index (κ1) is 25.4. The van der Waals surface area contributed by atoms with Gasteiger partial charge in [0.2, 0.25) is 0 Å². The molecular formula is C23H22F3N8O4P. The molecule has 0 spiro atoms. The molecule has 0 radical (unpaired) electrons. The second-order valence-corrected chi connectivity index (χ2v) is 10.9. The van der Waals surface area contributed by atoms with Crippen LogP contribution in [0.3, 0.4) is 0 Å². The van der Waals surface area contributed by atoms with Gasteiger partial charge in [-0.3, -0.25) is 24.4 Å². The van der Waals surface area contributed by atoms with Gasteiger partial charge in [0.15, 0.2) is 11.5 Å². The molecule has 0 bridgehead atoms. The highest BCUT2D eigenvalue weighted by Crippen LogP contribution is 2.59. The summed E-state index contributed by atoms with van der Waals surface area (Å²) in [4.78, 5) is 9.78. The fourth-order valence-electron chi connectivity index (χ4n) is 4.01. The highest BCUT2D eigenvalue weighted by molar-refractivity contribution is 7.53. The molecule has 4 N–H and O–H groups in total. The summed E-state index contributed by atoms with van der Waals surface area (Å²) in [5.41, 5.74) is 2.02. The van der Waals surface area contributed by atoms with E-state index in [0.717, 1.165) is 12.1 Å². The Hall–Kier alpha value is -3.91. The third-order valence-corrected chi connectivity index (χ3v) is 8.16. The van der Waals surface area contributed by atoms with E-state index in [1.807, 2.05) is 0 Å². The summed E-state index contributed by atoms with van der Waals surface area (Å²) in [5, 5.41) is 30.4. The first-order valence-electron chi connectivity index (χ1n) is 11.9. The summed E-state index contributed by atoms with van der Waals surface area (Å²) < 4.78 is 60.7. The van der Waals surface area contributed by atoms with E-state index in [0.29, 0.717) is 56.5 Å². The molecule has 2 aliphatic rings. The Morgan fingerprint density at radius 2 is 1.87 bits per heavy atom. The van der Waals surface area contributed by atoms with E-state index in [1.54, 1.807) is 35.0 Å². The fourth-order valence-corrected chi connectivity index (χ4v) is 5.74. The van der Waals surface area contributed by atoms with Gasteiger partial charge in [-0.2, -0.15) is 27.9 Å². The van der Waals surface area contributed by atoms with Crippen molar-refractivity contribution in [2.24, 2.45) is 0 Å². The van der Waals surface area contributed by atoms with Crippen LogP contribution < -0.4 is 5.32 Å². The van der Waals surface area contributed by atoms with Gasteiger partial charge in [0.1, 0.15) is 0 Å². The monoisotopic (exact) mass is 562 g/mol. The molecule has 0 aliphatic heterocycles. The van der Waals surface area contributed by atoms with E-state index in [1.165, 1.54) is 6.07 Å². The number of imidazole rings is 1. The molecule has 0 saturated carbocycles. The highest BCUT2D eigenvalue weighted by atomic mass is 31.2. The van der Waals surface area contributed by atoms with Gasteiger partial charge in [-0.05, 0) is 30.7 Å². The molecule has 2 aliphatic carbocycles. The SMILES string of the molecule is O=P(OCCCNc1nc2cc(C(F)(F)F)ccc2n2c(-c3ccn[nH]3)cnc12)(N(O)C1=CC1)N(O)C1=CC1. The lowest BCUT2D eigenvalue weighted by Crippen LogP contribution is -2.25. The van der Waals surface area contributed by atoms with E-state index in [4.69, 9.17) is 4.52 Å². The average Bonchev–Trinajstić information content (AvgIpc) is 3.84. The molecular weight excluding hydrogens is 540 g/mol. The van der Waals surface area contributed by atoms with Crippen LogP contribution in [-0.4, -0.2) is 57.8 Å². The molecule has 0 amide bonds. The van der Waals surface area contributed by atoms with Crippen LogP contribution in [0.15, 0.2) is 60.2 Å². The fraction of sp³-hybridized carbons (Fsp3) is 0.261. The van der Waals surface area contributed by atoms with Gasteiger partial charge >= 0.3 is 13.8 Å². The van der Waals surface area contributed by atoms with Gasteiger partial charge in [-0.1, -0.05) is 12.2 Å². The maximum Gasteiger partial charge on any atom is 0.443 e. The van der Waals surface area contributed by atoms with Crippen molar-refractivity contribution in [2.45, 2.75) is 25.4 Å². The molecule has 12 nitrogen and oxygen atoms in total.